The Kier molecular flexibility index (Phi) is 6.91. The molecule has 0 saturated heterocycles. The van der Waals surface area contributed by atoms with Crippen LogP contribution < -0.4 is 10.1 Å². The molecule has 0 aliphatic rings. The highest BCUT2D eigenvalue weighted by Crippen LogP contribution is 2.26. The SMILES string of the molecule is CCNC(C)c1ccc(F)cc1OCCCCC#N. The molecule has 0 saturated carbocycles. The standard InChI is InChI=1S/C15H21FN2O/c1-3-18-12(2)14-8-7-13(16)11-15(14)19-10-6-4-5-9-17/h7-8,11-12,18H,3-6,10H2,1-2H3. The van der Waals surface area contributed by atoms with Crippen LogP contribution in [0.3, 0.4) is 0 Å². The number of nitrogens with one attached hydrogen (secondary N) is 1. The number of unbranched alkanes of at least 4 members (excludes halogenated alkanes) is 2. The van der Waals surface area contributed by atoms with Crippen molar-refractivity contribution >= 4 is 0 Å². The molecule has 0 aliphatic heterocycles. The number of hydrogen-bond donors (Lipinski definition) is 1. The van der Waals surface area contributed by atoms with Crippen molar-refractivity contribution in [1.29, 1.82) is 5.26 Å². The van der Waals surface area contributed by atoms with Crippen molar-refractivity contribution in [2.45, 2.75) is 39.2 Å². The van der Waals surface area contributed by atoms with E-state index in [0.717, 1.165) is 24.9 Å². The van der Waals surface area contributed by atoms with E-state index in [9.17, 15) is 4.39 Å². The number of benzene rings is 1. The molecule has 1 N–H and O–H groups in total. The summed E-state index contributed by atoms with van der Waals surface area (Å²) in [5.74, 6) is 0.296. The first kappa shape index (κ1) is 15.5. The van der Waals surface area contributed by atoms with Gasteiger partial charge in [0.1, 0.15) is 11.6 Å². The molecule has 0 aliphatic carbocycles. The topological polar surface area (TPSA) is 45.0 Å². The highest BCUT2D eigenvalue weighted by Gasteiger charge is 2.11. The fraction of sp³-hybridized carbons (Fsp3) is 0.533. The number of ether oxygens (including phenoxy) is 1. The Morgan fingerprint density at radius 1 is 1.42 bits per heavy atom. The minimum absolute atomic E-state index is 0.125. The molecule has 0 amide bonds. The quantitative estimate of drug-likeness (QED) is 0.730. The van der Waals surface area contributed by atoms with Crippen molar-refractivity contribution in [2.75, 3.05) is 13.2 Å². The third kappa shape index (κ3) is 5.27. The molecule has 0 heterocycles. The van der Waals surface area contributed by atoms with Gasteiger partial charge in [-0.1, -0.05) is 13.0 Å². The Morgan fingerprint density at radius 3 is 2.89 bits per heavy atom. The largest absolute Gasteiger partial charge is 0.493 e. The van der Waals surface area contributed by atoms with Crippen LogP contribution in [0.15, 0.2) is 18.2 Å². The van der Waals surface area contributed by atoms with E-state index in [2.05, 4.69) is 11.4 Å². The summed E-state index contributed by atoms with van der Waals surface area (Å²) in [6, 6.07) is 6.85. The van der Waals surface area contributed by atoms with Crippen molar-refractivity contribution in [1.82, 2.24) is 5.32 Å². The van der Waals surface area contributed by atoms with Gasteiger partial charge < -0.3 is 10.1 Å². The monoisotopic (exact) mass is 264 g/mol. The van der Waals surface area contributed by atoms with E-state index in [-0.39, 0.29) is 11.9 Å². The van der Waals surface area contributed by atoms with Gasteiger partial charge in [0.15, 0.2) is 0 Å². The van der Waals surface area contributed by atoms with Gasteiger partial charge in [-0.25, -0.2) is 4.39 Å². The maximum absolute atomic E-state index is 13.3. The molecule has 1 unspecified atom stereocenters. The molecule has 1 aromatic carbocycles. The molecule has 4 heteroatoms. The first-order valence-electron chi connectivity index (χ1n) is 6.71. The Bertz CT molecular complexity index is 429. The molecule has 0 radical (unpaired) electrons. The van der Waals surface area contributed by atoms with Crippen LogP contribution in [0.1, 0.15) is 44.7 Å². The van der Waals surface area contributed by atoms with E-state index in [0.29, 0.717) is 18.8 Å². The number of nitriles is 1. The molecular weight excluding hydrogens is 243 g/mol. The smallest absolute Gasteiger partial charge is 0.126 e. The van der Waals surface area contributed by atoms with Gasteiger partial charge in [-0.3, -0.25) is 0 Å². The lowest BCUT2D eigenvalue weighted by molar-refractivity contribution is 0.300. The number of hydrogen-bond acceptors (Lipinski definition) is 3. The molecule has 0 fully saturated rings. The molecule has 104 valence electrons. The third-order valence-electron chi connectivity index (χ3n) is 2.89. The summed E-state index contributed by atoms with van der Waals surface area (Å²) in [5, 5.41) is 11.7. The van der Waals surface area contributed by atoms with Crippen LogP contribution in [0, 0.1) is 17.1 Å². The highest BCUT2D eigenvalue weighted by atomic mass is 19.1. The lowest BCUT2D eigenvalue weighted by Gasteiger charge is -2.17. The first-order valence-corrected chi connectivity index (χ1v) is 6.71. The van der Waals surface area contributed by atoms with Gasteiger partial charge in [0, 0.05) is 24.1 Å². The van der Waals surface area contributed by atoms with E-state index in [1.54, 1.807) is 6.07 Å². The van der Waals surface area contributed by atoms with Gasteiger partial charge >= 0.3 is 0 Å². The second-order valence-electron chi connectivity index (χ2n) is 4.43. The summed E-state index contributed by atoms with van der Waals surface area (Å²) in [4.78, 5) is 0. The first-order chi connectivity index (χ1) is 9.19. The molecule has 1 aromatic rings. The molecular formula is C15H21FN2O. The zero-order chi connectivity index (χ0) is 14.1. The summed E-state index contributed by atoms with van der Waals surface area (Å²) >= 11 is 0. The summed E-state index contributed by atoms with van der Waals surface area (Å²) < 4.78 is 18.9. The fourth-order valence-corrected chi connectivity index (χ4v) is 1.90. The van der Waals surface area contributed by atoms with Gasteiger partial charge in [-0.15, -0.1) is 0 Å². The second-order valence-corrected chi connectivity index (χ2v) is 4.43. The molecule has 0 bridgehead atoms. The van der Waals surface area contributed by atoms with Gasteiger partial charge in [0.2, 0.25) is 0 Å². The average Bonchev–Trinajstić information content (AvgIpc) is 2.39. The van der Waals surface area contributed by atoms with E-state index in [4.69, 9.17) is 10.00 Å². The molecule has 0 spiro atoms. The van der Waals surface area contributed by atoms with E-state index in [1.807, 2.05) is 13.8 Å². The fourth-order valence-electron chi connectivity index (χ4n) is 1.90. The van der Waals surface area contributed by atoms with E-state index in [1.165, 1.54) is 12.1 Å². The van der Waals surface area contributed by atoms with E-state index >= 15 is 0 Å². The van der Waals surface area contributed by atoms with Crippen LogP contribution in [0.4, 0.5) is 4.39 Å². The second kappa shape index (κ2) is 8.49. The Balaban J connectivity index is 2.64. The average molecular weight is 264 g/mol. The van der Waals surface area contributed by atoms with Gasteiger partial charge in [0.25, 0.3) is 0 Å². The molecule has 19 heavy (non-hydrogen) atoms. The lowest BCUT2D eigenvalue weighted by Crippen LogP contribution is -2.18. The summed E-state index contributed by atoms with van der Waals surface area (Å²) in [5.41, 5.74) is 0.962. The predicted molar refractivity (Wildman–Crippen MR) is 73.5 cm³/mol. The van der Waals surface area contributed by atoms with Crippen molar-refractivity contribution in [3.8, 4) is 11.8 Å². The minimum Gasteiger partial charge on any atom is -0.493 e. The van der Waals surface area contributed by atoms with Gasteiger partial charge in [0.05, 0.1) is 12.7 Å². The molecule has 0 aromatic heterocycles. The Morgan fingerprint density at radius 2 is 2.21 bits per heavy atom. The Hall–Kier alpha value is -1.60. The molecule has 3 nitrogen and oxygen atoms in total. The predicted octanol–water partition coefficient (Wildman–Crippen LogP) is 3.57. The van der Waals surface area contributed by atoms with Crippen LogP contribution in [0.25, 0.3) is 0 Å². The number of nitrogens with zero attached hydrogens (tertiary/aromatic N) is 1. The van der Waals surface area contributed by atoms with Crippen LogP contribution in [0.5, 0.6) is 5.75 Å². The maximum atomic E-state index is 13.3. The van der Waals surface area contributed by atoms with Crippen LogP contribution in [-0.4, -0.2) is 13.2 Å². The van der Waals surface area contributed by atoms with E-state index < -0.39 is 0 Å². The normalized spacial score (nSPS) is 11.9. The van der Waals surface area contributed by atoms with Crippen molar-refractivity contribution in [3.05, 3.63) is 29.6 Å². The van der Waals surface area contributed by atoms with Crippen LogP contribution in [-0.2, 0) is 0 Å². The highest BCUT2D eigenvalue weighted by molar-refractivity contribution is 5.36. The zero-order valence-corrected chi connectivity index (χ0v) is 11.6. The van der Waals surface area contributed by atoms with Gasteiger partial charge in [-0.2, -0.15) is 5.26 Å². The minimum atomic E-state index is -0.292. The van der Waals surface area contributed by atoms with Crippen molar-refractivity contribution in [2.24, 2.45) is 0 Å². The van der Waals surface area contributed by atoms with Crippen LogP contribution >= 0.6 is 0 Å². The van der Waals surface area contributed by atoms with Gasteiger partial charge in [-0.05, 0) is 32.4 Å². The molecule has 1 atom stereocenters. The zero-order valence-electron chi connectivity index (χ0n) is 11.6. The number of halogens is 1. The third-order valence-corrected chi connectivity index (χ3v) is 2.89. The summed E-state index contributed by atoms with van der Waals surface area (Å²) in [7, 11) is 0. The Labute approximate surface area is 114 Å². The van der Waals surface area contributed by atoms with Crippen molar-refractivity contribution in [3.63, 3.8) is 0 Å². The van der Waals surface area contributed by atoms with Crippen LogP contribution in [0.2, 0.25) is 0 Å². The summed E-state index contributed by atoms with van der Waals surface area (Å²) in [6.07, 6.45) is 2.15. The lowest BCUT2D eigenvalue weighted by atomic mass is 10.1. The van der Waals surface area contributed by atoms with Crippen molar-refractivity contribution < 1.29 is 9.13 Å². The molecule has 1 rings (SSSR count). The number of rotatable bonds is 8. The summed E-state index contributed by atoms with van der Waals surface area (Å²) in [6.45, 7) is 5.42. The maximum Gasteiger partial charge on any atom is 0.126 e.